The van der Waals surface area contributed by atoms with E-state index in [0.29, 0.717) is 29.8 Å². The second kappa shape index (κ2) is 5.87. The highest BCUT2D eigenvalue weighted by molar-refractivity contribution is 5.60. The average Bonchev–Trinajstić information content (AvgIpc) is 2.93. The van der Waals surface area contributed by atoms with Crippen molar-refractivity contribution in [3.8, 4) is 11.3 Å². The summed E-state index contributed by atoms with van der Waals surface area (Å²) in [5.41, 5.74) is 0.518. The topological polar surface area (TPSA) is 51.0 Å². The lowest BCUT2D eigenvalue weighted by atomic mass is 10.2. The van der Waals surface area contributed by atoms with E-state index in [4.69, 9.17) is 0 Å². The van der Waals surface area contributed by atoms with Gasteiger partial charge in [-0.1, -0.05) is 0 Å². The number of pyridine rings is 1. The molecular formula is C16H19FN4O. The minimum Gasteiger partial charge on any atom is -0.339 e. The number of hydrogen-bond acceptors (Lipinski definition) is 4. The first kappa shape index (κ1) is 14.7. The normalized spacial score (nSPS) is 18.0. The third-order valence-electron chi connectivity index (χ3n) is 4.16. The SMILES string of the molecule is CCn1c(N2CCCC2C)nc(-c2ccncc2F)cc1=O. The molecule has 0 saturated carbocycles. The zero-order valence-electron chi connectivity index (χ0n) is 12.8. The van der Waals surface area contributed by atoms with Gasteiger partial charge in [0.25, 0.3) is 5.56 Å². The smallest absolute Gasteiger partial charge is 0.255 e. The lowest BCUT2D eigenvalue weighted by Gasteiger charge is -2.25. The van der Waals surface area contributed by atoms with Gasteiger partial charge in [0.05, 0.1) is 11.9 Å². The van der Waals surface area contributed by atoms with Crippen LogP contribution in [0.25, 0.3) is 11.3 Å². The highest BCUT2D eigenvalue weighted by atomic mass is 19.1. The molecule has 3 rings (SSSR count). The Morgan fingerprint density at radius 1 is 1.45 bits per heavy atom. The van der Waals surface area contributed by atoms with E-state index < -0.39 is 5.82 Å². The van der Waals surface area contributed by atoms with Crippen molar-refractivity contribution in [2.75, 3.05) is 11.4 Å². The second-order valence-corrected chi connectivity index (χ2v) is 5.56. The van der Waals surface area contributed by atoms with Crippen LogP contribution in [0.5, 0.6) is 0 Å². The molecule has 1 unspecified atom stereocenters. The largest absolute Gasteiger partial charge is 0.339 e. The second-order valence-electron chi connectivity index (χ2n) is 5.56. The number of aromatic nitrogens is 3. The summed E-state index contributed by atoms with van der Waals surface area (Å²) in [6.07, 6.45) is 4.80. The Morgan fingerprint density at radius 3 is 2.91 bits per heavy atom. The zero-order valence-corrected chi connectivity index (χ0v) is 12.8. The van der Waals surface area contributed by atoms with Gasteiger partial charge in [0.1, 0.15) is 0 Å². The highest BCUT2D eigenvalue weighted by Crippen LogP contribution is 2.26. The predicted molar refractivity (Wildman–Crippen MR) is 83.4 cm³/mol. The highest BCUT2D eigenvalue weighted by Gasteiger charge is 2.25. The van der Waals surface area contributed by atoms with Crippen LogP contribution in [0, 0.1) is 5.82 Å². The van der Waals surface area contributed by atoms with Crippen molar-refractivity contribution >= 4 is 5.95 Å². The van der Waals surface area contributed by atoms with Gasteiger partial charge in [-0.3, -0.25) is 14.3 Å². The molecule has 0 aliphatic carbocycles. The fraction of sp³-hybridized carbons (Fsp3) is 0.438. The molecule has 22 heavy (non-hydrogen) atoms. The molecule has 1 atom stereocenters. The minimum absolute atomic E-state index is 0.155. The first-order valence-electron chi connectivity index (χ1n) is 7.60. The maximum atomic E-state index is 14.0. The molecule has 5 nitrogen and oxygen atoms in total. The van der Waals surface area contributed by atoms with Crippen molar-refractivity contribution in [1.82, 2.24) is 14.5 Å². The Kier molecular flexibility index (Phi) is 3.92. The van der Waals surface area contributed by atoms with Gasteiger partial charge in [-0.15, -0.1) is 0 Å². The van der Waals surface area contributed by atoms with Gasteiger partial charge in [-0.2, -0.15) is 0 Å². The van der Waals surface area contributed by atoms with Gasteiger partial charge < -0.3 is 4.90 Å². The van der Waals surface area contributed by atoms with Gasteiger partial charge >= 0.3 is 0 Å². The summed E-state index contributed by atoms with van der Waals surface area (Å²) < 4.78 is 15.6. The maximum absolute atomic E-state index is 14.0. The molecule has 1 aliphatic rings. The number of rotatable bonds is 3. The molecule has 1 aliphatic heterocycles. The van der Waals surface area contributed by atoms with Crippen LogP contribution in [-0.4, -0.2) is 27.1 Å². The van der Waals surface area contributed by atoms with E-state index in [2.05, 4.69) is 21.8 Å². The third-order valence-corrected chi connectivity index (χ3v) is 4.16. The van der Waals surface area contributed by atoms with E-state index in [1.165, 1.54) is 12.3 Å². The number of hydrogen-bond donors (Lipinski definition) is 0. The van der Waals surface area contributed by atoms with E-state index >= 15 is 0 Å². The molecule has 1 saturated heterocycles. The summed E-state index contributed by atoms with van der Waals surface area (Å²) in [6, 6.07) is 3.28. The molecule has 0 bridgehead atoms. The van der Waals surface area contributed by atoms with Crippen LogP contribution in [0.15, 0.2) is 29.3 Å². The summed E-state index contributed by atoms with van der Waals surface area (Å²) in [4.78, 5) is 22.9. The molecule has 2 aromatic heterocycles. The Balaban J connectivity index is 2.17. The van der Waals surface area contributed by atoms with Crippen LogP contribution in [0.3, 0.4) is 0 Å². The number of nitrogens with zero attached hydrogens (tertiary/aromatic N) is 4. The van der Waals surface area contributed by atoms with Crippen molar-refractivity contribution in [2.45, 2.75) is 39.3 Å². The lowest BCUT2D eigenvalue weighted by Crippen LogP contribution is -2.34. The quantitative estimate of drug-likeness (QED) is 0.874. The molecule has 1 fully saturated rings. The first-order valence-corrected chi connectivity index (χ1v) is 7.60. The first-order chi connectivity index (χ1) is 10.6. The molecule has 2 aromatic rings. The van der Waals surface area contributed by atoms with Crippen LogP contribution in [0.4, 0.5) is 10.3 Å². The van der Waals surface area contributed by atoms with Crippen LogP contribution < -0.4 is 10.5 Å². The fourth-order valence-electron chi connectivity index (χ4n) is 2.96. The van der Waals surface area contributed by atoms with Crippen LogP contribution in [0.2, 0.25) is 0 Å². The fourth-order valence-corrected chi connectivity index (χ4v) is 2.96. The maximum Gasteiger partial charge on any atom is 0.255 e. The van der Waals surface area contributed by atoms with Crippen molar-refractivity contribution < 1.29 is 4.39 Å². The Morgan fingerprint density at radius 2 is 2.27 bits per heavy atom. The van der Waals surface area contributed by atoms with Crippen LogP contribution in [0.1, 0.15) is 26.7 Å². The monoisotopic (exact) mass is 302 g/mol. The summed E-state index contributed by atoms with van der Waals surface area (Å²) >= 11 is 0. The zero-order chi connectivity index (χ0) is 15.7. The molecule has 0 amide bonds. The standard InChI is InChI=1S/C16H19FN4O/c1-3-20-15(22)9-14(12-6-7-18-10-13(12)17)19-16(20)21-8-4-5-11(21)2/h6-7,9-11H,3-5,8H2,1-2H3. The molecule has 0 aromatic carbocycles. The molecule has 6 heteroatoms. The Hall–Kier alpha value is -2.24. The molecule has 3 heterocycles. The van der Waals surface area contributed by atoms with Crippen molar-refractivity contribution in [2.24, 2.45) is 0 Å². The predicted octanol–water partition coefficient (Wildman–Crippen LogP) is 2.45. The van der Waals surface area contributed by atoms with Crippen LogP contribution in [-0.2, 0) is 6.54 Å². The van der Waals surface area contributed by atoms with E-state index in [1.807, 2.05) is 6.92 Å². The molecule has 0 N–H and O–H groups in total. The van der Waals surface area contributed by atoms with Crippen LogP contribution >= 0.6 is 0 Å². The van der Waals surface area contributed by atoms with Gasteiger partial charge in [0.15, 0.2) is 5.82 Å². The van der Waals surface area contributed by atoms with E-state index in [9.17, 15) is 9.18 Å². The molecule has 0 spiro atoms. The van der Waals surface area contributed by atoms with E-state index in [-0.39, 0.29) is 5.56 Å². The lowest BCUT2D eigenvalue weighted by molar-refractivity contribution is 0.621. The molecule has 116 valence electrons. The minimum atomic E-state index is -0.468. The van der Waals surface area contributed by atoms with Gasteiger partial charge in [0, 0.05) is 37.0 Å². The van der Waals surface area contributed by atoms with Gasteiger partial charge in [0.2, 0.25) is 5.95 Å². The Bertz CT molecular complexity index is 743. The summed E-state index contributed by atoms with van der Waals surface area (Å²) in [5, 5.41) is 0. The number of halogens is 1. The number of anilines is 1. The van der Waals surface area contributed by atoms with E-state index in [1.54, 1.807) is 10.6 Å². The average molecular weight is 302 g/mol. The molecule has 0 radical (unpaired) electrons. The van der Waals surface area contributed by atoms with Gasteiger partial charge in [-0.05, 0) is 32.8 Å². The molecular weight excluding hydrogens is 283 g/mol. The van der Waals surface area contributed by atoms with E-state index in [0.717, 1.165) is 25.6 Å². The van der Waals surface area contributed by atoms with Crippen molar-refractivity contribution in [3.05, 3.63) is 40.7 Å². The van der Waals surface area contributed by atoms with Gasteiger partial charge in [-0.25, -0.2) is 9.37 Å². The summed E-state index contributed by atoms with van der Waals surface area (Å²) in [6.45, 7) is 5.46. The summed E-state index contributed by atoms with van der Waals surface area (Å²) in [7, 11) is 0. The van der Waals surface area contributed by atoms with Crippen molar-refractivity contribution in [1.29, 1.82) is 0 Å². The summed E-state index contributed by atoms with van der Waals surface area (Å²) in [5.74, 6) is 0.162. The van der Waals surface area contributed by atoms with Crippen molar-refractivity contribution in [3.63, 3.8) is 0 Å². The Labute approximate surface area is 128 Å². The third kappa shape index (κ3) is 2.49.